The summed E-state index contributed by atoms with van der Waals surface area (Å²) in [5.74, 6) is -0.848. The molecule has 82 valence electrons. The molecule has 0 saturated carbocycles. The quantitative estimate of drug-likeness (QED) is 0.733. The lowest BCUT2D eigenvalue weighted by Gasteiger charge is -2.19. The summed E-state index contributed by atoms with van der Waals surface area (Å²) in [6, 6.07) is 4.94. The van der Waals surface area contributed by atoms with E-state index in [1.807, 2.05) is 22.6 Å². The lowest BCUT2D eigenvalue weighted by atomic mass is 9.94. The molecule has 0 fully saturated rings. The van der Waals surface area contributed by atoms with Crippen LogP contribution in [0.1, 0.15) is 12.5 Å². The number of halogens is 1. The molecule has 5 heteroatoms. The van der Waals surface area contributed by atoms with Crippen LogP contribution in [0.25, 0.3) is 0 Å². The average Bonchev–Trinajstić information content (AvgIpc) is 2.10. The number of carboxylic acid groups (broad SMARTS) is 1. The molecule has 0 aliphatic carbocycles. The van der Waals surface area contributed by atoms with E-state index in [-0.39, 0.29) is 12.2 Å². The maximum atomic E-state index is 10.8. The highest BCUT2D eigenvalue weighted by Gasteiger charge is 2.28. The fourth-order valence-electron chi connectivity index (χ4n) is 1.16. The Hall–Kier alpha value is -0.820. The van der Waals surface area contributed by atoms with E-state index in [0.29, 0.717) is 3.57 Å². The van der Waals surface area contributed by atoms with E-state index in [1.54, 1.807) is 12.1 Å². The minimum atomic E-state index is -1.28. The predicted molar refractivity (Wildman–Crippen MR) is 64.8 cm³/mol. The summed E-state index contributed by atoms with van der Waals surface area (Å²) in [4.78, 5) is 10.8. The van der Waals surface area contributed by atoms with Gasteiger partial charge in [0, 0.05) is 6.42 Å². The maximum absolute atomic E-state index is 10.8. The van der Waals surface area contributed by atoms with Crippen LogP contribution in [0.5, 0.6) is 5.75 Å². The van der Waals surface area contributed by atoms with E-state index < -0.39 is 11.5 Å². The molecule has 1 rings (SSSR count). The van der Waals surface area contributed by atoms with E-state index in [9.17, 15) is 9.90 Å². The van der Waals surface area contributed by atoms with Gasteiger partial charge in [0.1, 0.15) is 11.3 Å². The summed E-state index contributed by atoms with van der Waals surface area (Å²) >= 11 is 1.98. The molecular weight excluding hydrogens is 313 g/mol. The van der Waals surface area contributed by atoms with Gasteiger partial charge >= 0.3 is 5.97 Å². The number of nitrogens with two attached hydrogens (primary N) is 1. The van der Waals surface area contributed by atoms with Crippen molar-refractivity contribution in [2.75, 3.05) is 0 Å². The van der Waals surface area contributed by atoms with Gasteiger partial charge in [0.2, 0.25) is 0 Å². The van der Waals surface area contributed by atoms with E-state index in [0.717, 1.165) is 5.56 Å². The fraction of sp³-hybridized carbons (Fsp3) is 0.300. The molecule has 0 aliphatic rings. The highest BCUT2D eigenvalue weighted by Crippen LogP contribution is 2.22. The zero-order valence-electron chi connectivity index (χ0n) is 8.20. The Bertz CT molecular complexity index is 390. The van der Waals surface area contributed by atoms with Gasteiger partial charge in [-0.15, -0.1) is 0 Å². The highest BCUT2D eigenvalue weighted by molar-refractivity contribution is 14.1. The van der Waals surface area contributed by atoms with E-state index in [1.165, 1.54) is 13.0 Å². The molecule has 0 aliphatic heterocycles. The third-order valence-electron chi connectivity index (χ3n) is 2.07. The second-order valence-corrected chi connectivity index (χ2v) is 4.85. The van der Waals surface area contributed by atoms with Crippen molar-refractivity contribution < 1.29 is 15.0 Å². The van der Waals surface area contributed by atoms with Gasteiger partial charge in [0.15, 0.2) is 0 Å². The van der Waals surface area contributed by atoms with Crippen LogP contribution in [0.15, 0.2) is 18.2 Å². The van der Waals surface area contributed by atoms with E-state index in [2.05, 4.69) is 0 Å². The number of rotatable bonds is 3. The zero-order valence-corrected chi connectivity index (χ0v) is 10.4. The molecule has 15 heavy (non-hydrogen) atoms. The van der Waals surface area contributed by atoms with Crippen molar-refractivity contribution in [2.45, 2.75) is 18.9 Å². The number of aliphatic carboxylic acids is 1. The minimum absolute atomic E-state index is 0.188. The van der Waals surface area contributed by atoms with Crippen LogP contribution < -0.4 is 5.73 Å². The molecule has 0 amide bonds. The van der Waals surface area contributed by atoms with Crippen LogP contribution in [-0.4, -0.2) is 21.7 Å². The second kappa shape index (κ2) is 4.36. The second-order valence-electron chi connectivity index (χ2n) is 3.69. The summed E-state index contributed by atoms with van der Waals surface area (Å²) in [6.45, 7) is 1.47. The molecule has 0 aromatic heterocycles. The first-order chi connectivity index (χ1) is 6.83. The predicted octanol–water partition coefficient (Wildman–Crippen LogP) is 1.34. The number of aromatic hydroxyl groups is 1. The zero-order chi connectivity index (χ0) is 11.6. The Kier molecular flexibility index (Phi) is 3.56. The van der Waals surface area contributed by atoms with Gasteiger partial charge in [-0.25, -0.2) is 0 Å². The largest absolute Gasteiger partial charge is 0.507 e. The maximum Gasteiger partial charge on any atom is 0.323 e. The van der Waals surface area contributed by atoms with Crippen LogP contribution >= 0.6 is 22.6 Å². The third kappa shape index (κ3) is 3.07. The molecule has 0 spiro atoms. The number of benzene rings is 1. The Morgan fingerprint density at radius 3 is 2.67 bits per heavy atom. The van der Waals surface area contributed by atoms with Gasteiger partial charge in [-0.05, 0) is 47.2 Å². The minimum Gasteiger partial charge on any atom is -0.507 e. The van der Waals surface area contributed by atoms with Gasteiger partial charge in [-0.3, -0.25) is 4.79 Å². The summed E-state index contributed by atoms with van der Waals surface area (Å²) in [5, 5.41) is 18.1. The Balaban J connectivity index is 2.91. The summed E-state index contributed by atoms with van der Waals surface area (Å²) in [7, 11) is 0. The molecule has 1 aromatic carbocycles. The fourth-order valence-corrected chi connectivity index (χ4v) is 1.74. The molecule has 0 saturated heterocycles. The first-order valence-corrected chi connectivity index (χ1v) is 5.40. The van der Waals surface area contributed by atoms with Crippen molar-refractivity contribution in [3.8, 4) is 5.75 Å². The van der Waals surface area contributed by atoms with Crippen LogP contribution in [0.2, 0.25) is 0 Å². The first-order valence-electron chi connectivity index (χ1n) is 4.32. The van der Waals surface area contributed by atoms with Gasteiger partial charge in [-0.1, -0.05) is 6.07 Å². The van der Waals surface area contributed by atoms with Crippen LogP contribution in [0, 0.1) is 3.57 Å². The van der Waals surface area contributed by atoms with Crippen LogP contribution in [0.3, 0.4) is 0 Å². The molecule has 0 bridgehead atoms. The van der Waals surface area contributed by atoms with Crippen molar-refractivity contribution in [3.05, 3.63) is 27.3 Å². The number of carbonyl (C=O) groups is 1. The van der Waals surface area contributed by atoms with Crippen molar-refractivity contribution in [1.29, 1.82) is 0 Å². The number of phenolic OH excluding ortho intramolecular Hbond substituents is 1. The topological polar surface area (TPSA) is 83.5 Å². The molecule has 1 aromatic rings. The molecule has 4 nitrogen and oxygen atoms in total. The Morgan fingerprint density at radius 1 is 1.60 bits per heavy atom. The SMILES string of the molecule is C[C@@](N)(Cc1ccc(O)c([131I])c1)C(=O)O. The van der Waals surface area contributed by atoms with Crippen LogP contribution in [0.4, 0.5) is 0 Å². The Labute approximate surface area is 101 Å². The van der Waals surface area contributed by atoms with Gasteiger partial charge < -0.3 is 15.9 Å². The molecule has 1 atom stereocenters. The molecule has 4 N–H and O–H groups in total. The number of carboxylic acids is 1. The highest BCUT2D eigenvalue weighted by atomic mass is 131. The van der Waals surface area contributed by atoms with Crippen molar-refractivity contribution in [3.63, 3.8) is 0 Å². The van der Waals surface area contributed by atoms with Gasteiger partial charge in [0.25, 0.3) is 0 Å². The molecule has 0 radical (unpaired) electrons. The molecule has 0 unspecified atom stereocenters. The van der Waals surface area contributed by atoms with Crippen molar-refractivity contribution >= 4 is 28.6 Å². The molecular formula is C10H12INO3. The van der Waals surface area contributed by atoms with E-state index in [4.69, 9.17) is 10.8 Å². The number of hydrogen-bond acceptors (Lipinski definition) is 3. The van der Waals surface area contributed by atoms with Gasteiger partial charge in [-0.2, -0.15) is 0 Å². The van der Waals surface area contributed by atoms with Crippen molar-refractivity contribution in [1.82, 2.24) is 0 Å². The number of phenols is 1. The van der Waals surface area contributed by atoms with Gasteiger partial charge in [0.05, 0.1) is 3.57 Å². The Morgan fingerprint density at radius 2 is 2.20 bits per heavy atom. The summed E-state index contributed by atoms with van der Waals surface area (Å²) in [6.07, 6.45) is 0.235. The lowest BCUT2D eigenvalue weighted by molar-refractivity contribution is -0.142. The summed E-state index contributed by atoms with van der Waals surface area (Å²) in [5.41, 5.74) is 5.13. The summed E-state index contributed by atoms with van der Waals surface area (Å²) < 4.78 is 0.686. The monoisotopic (exact) mass is 325 g/mol. The number of hydrogen-bond donors (Lipinski definition) is 3. The van der Waals surface area contributed by atoms with Crippen molar-refractivity contribution in [2.24, 2.45) is 5.73 Å². The average molecular weight is 325 g/mol. The third-order valence-corrected chi connectivity index (χ3v) is 2.94. The smallest absolute Gasteiger partial charge is 0.323 e. The standard InChI is InChI=1S/C10H12INO3/c1-10(12,9(14)15)5-6-2-3-8(13)7(11)4-6/h2-4,13H,5,12H2,1H3,(H,14,15)/t10-/m1/s1/i11+4. The normalized spacial score (nSPS) is 14.6. The molecule has 0 heterocycles. The van der Waals surface area contributed by atoms with E-state index >= 15 is 0 Å². The first kappa shape index (κ1) is 12.3. The lowest BCUT2D eigenvalue weighted by Crippen LogP contribution is -2.46. The van der Waals surface area contributed by atoms with Crippen LogP contribution in [-0.2, 0) is 11.2 Å².